The summed E-state index contributed by atoms with van der Waals surface area (Å²) in [7, 11) is -3.62. The molecular weight excluding hydrogens is 384 g/mol. The molecule has 1 unspecified atom stereocenters. The highest BCUT2D eigenvalue weighted by atomic mass is 32.2. The minimum Gasteiger partial charge on any atom is -0.377 e. The Kier molecular flexibility index (Phi) is 6.76. The monoisotopic (exact) mass is 408 g/mol. The van der Waals surface area contributed by atoms with E-state index in [4.69, 9.17) is 9.26 Å². The Morgan fingerprint density at radius 2 is 2.07 bits per heavy atom. The third kappa shape index (κ3) is 5.60. The first-order valence-electron chi connectivity index (χ1n) is 9.23. The van der Waals surface area contributed by atoms with Crippen LogP contribution in [0.2, 0.25) is 0 Å². The highest BCUT2D eigenvalue weighted by Gasteiger charge is 2.20. The lowest BCUT2D eigenvalue weighted by molar-refractivity contribution is 0.0952. The first kappa shape index (κ1) is 20.4. The number of aryl methyl sites for hydroxylation is 2. The van der Waals surface area contributed by atoms with Gasteiger partial charge in [0.2, 0.25) is 15.9 Å². The lowest BCUT2D eigenvalue weighted by atomic mass is 10.2. The molecule has 28 heavy (non-hydrogen) atoms. The van der Waals surface area contributed by atoms with Crippen molar-refractivity contribution >= 4 is 15.9 Å². The average Bonchev–Trinajstić information content (AvgIpc) is 3.35. The van der Waals surface area contributed by atoms with Gasteiger partial charge in [-0.25, -0.2) is 13.1 Å². The van der Waals surface area contributed by atoms with Crippen molar-refractivity contribution < 1.29 is 22.5 Å². The van der Waals surface area contributed by atoms with Crippen molar-refractivity contribution in [3.05, 3.63) is 41.5 Å². The second-order valence-electron chi connectivity index (χ2n) is 6.61. The molecule has 0 radical (unpaired) electrons. The van der Waals surface area contributed by atoms with Gasteiger partial charge in [-0.15, -0.1) is 0 Å². The van der Waals surface area contributed by atoms with Gasteiger partial charge in [-0.1, -0.05) is 5.16 Å². The number of nitrogens with one attached hydrogen (secondary N) is 2. The fourth-order valence-corrected chi connectivity index (χ4v) is 3.93. The summed E-state index contributed by atoms with van der Waals surface area (Å²) >= 11 is 0. The molecule has 1 aromatic carbocycles. The minimum absolute atomic E-state index is 0.0732. The molecule has 152 valence electrons. The van der Waals surface area contributed by atoms with Gasteiger partial charge >= 0.3 is 0 Å². The zero-order chi connectivity index (χ0) is 20.0. The summed E-state index contributed by atoms with van der Waals surface area (Å²) in [5.74, 6) is 0.856. The Morgan fingerprint density at radius 3 is 2.71 bits per heavy atom. The van der Waals surface area contributed by atoms with Crippen molar-refractivity contribution in [2.24, 2.45) is 0 Å². The maximum atomic E-state index is 12.3. The Bertz CT molecular complexity index is 889. The predicted octanol–water partition coefficient (Wildman–Crippen LogP) is 1.20. The van der Waals surface area contributed by atoms with E-state index >= 15 is 0 Å². The standard InChI is InChI=1S/C18H24N4O5S/c1-13-21-17(27-22-13)5-2-10-19-18(23)14-6-8-16(9-7-14)28(24,25)20-12-15-4-3-11-26-15/h6-9,15,20H,2-5,10-12H2,1H3,(H,19,23). The Hall–Kier alpha value is -2.30. The largest absolute Gasteiger partial charge is 0.377 e. The van der Waals surface area contributed by atoms with Crippen LogP contribution in [0.3, 0.4) is 0 Å². The molecule has 0 saturated carbocycles. The van der Waals surface area contributed by atoms with Crippen LogP contribution in [0.15, 0.2) is 33.7 Å². The third-order valence-corrected chi connectivity index (χ3v) is 5.81. The van der Waals surface area contributed by atoms with Crippen LogP contribution in [-0.4, -0.2) is 50.3 Å². The summed E-state index contributed by atoms with van der Waals surface area (Å²) in [6.07, 6.45) is 2.97. The first-order chi connectivity index (χ1) is 13.4. The molecule has 1 aromatic heterocycles. The van der Waals surface area contributed by atoms with E-state index < -0.39 is 10.0 Å². The molecule has 1 amide bonds. The van der Waals surface area contributed by atoms with Crippen molar-refractivity contribution in [2.45, 2.75) is 43.6 Å². The molecule has 1 aliphatic heterocycles. The zero-order valence-corrected chi connectivity index (χ0v) is 16.5. The van der Waals surface area contributed by atoms with Gasteiger partial charge in [-0.2, -0.15) is 4.98 Å². The van der Waals surface area contributed by atoms with Crippen LogP contribution in [0.5, 0.6) is 0 Å². The SMILES string of the molecule is Cc1noc(CCCNC(=O)c2ccc(S(=O)(=O)NCC3CCCO3)cc2)n1. The molecule has 1 atom stereocenters. The van der Waals surface area contributed by atoms with E-state index in [2.05, 4.69) is 20.2 Å². The fraction of sp³-hybridized carbons (Fsp3) is 0.500. The molecular formula is C18H24N4O5S. The van der Waals surface area contributed by atoms with Crippen molar-refractivity contribution in [3.8, 4) is 0 Å². The number of benzene rings is 1. The Morgan fingerprint density at radius 1 is 1.29 bits per heavy atom. The van der Waals surface area contributed by atoms with E-state index in [0.717, 1.165) is 12.8 Å². The van der Waals surface area contributed by atoms with Crippen molar-refractivity contribution in [2.75, 3.05) is 19.7 Å². The van der Waals surface area contributed by atoms with Gasteiger partial charge < -0.3 is 14.6 Å². The Balaban J connectivity index is 1.46. The maximum Gasteiger partial charge on any atom is 0.251 e. The number of sulfonamides is 1. The molecule has 0 spiro atoms. The Labute approximate surface area is 163 Å². The van der Waals surface area contributed by atoms with E-state index in [1.54, 1.807) is 6.92 Å². The molecule has 0 bridgehead atoms. The minimum atomic E-state index is -3.62. The average molecular weight is 408 g/mol. The second kappa shape index (κ2) is 9.26. The number of aromatic nitrogens is 2. The normalized spacial score (nSPS) is 17.0. The number of carbonyl (C=O) groups is 1. The lowest BCUT2D eigenvalue weighted by Crippen LogP contribution is -2.32. The molecule has 2 aromatic rings. The number of ether oxygens (including phenoxy) is 1. The van der Waals surface area contributed by atoms with E-state index in [9.17, 15) is 13.2 Å². The number of carbonyl (C=O) groups excluding carboxylic acids is 1. The summed E-state index contributed by atoms with van der Waals surface area (Å²) in [6, 6.07) is 5.84. The summed E-state index contributed by atoms with van der Waals surface area (Å²) in [5.41, 5.74) is 0.395. The van der Waals surface area contributed by atoms with Crippen LogP contribution >= 0.6 is 0 Å². The van der Waals surface area contributed by atoms with E-state index in [1.807, 2.05) is 0 Å². The molecule has 0 aliphatic carbocycles. The molecule has 2 heterocycles. The van der Waals surface area contributed by atoms with Gasteiger partial charge in [0, 0.05) is 31.7 Å². The van der Waals surface area contributed by atoms with Gasteiger partial charge in [0.05, 0.1) is 11.0 Å². The highest BCUT2D eigenvalue weighted by molar-refractivity contribution is 7.89. The lowest BCUT2D eigenvalue weighted by Gasteiger charge is -2.11. The predicted molar refractivity (Wildman–Crippen MR) is 100 cm³/mol. The number of amides is 1. The van der Waals surface area contributed by atoms with Crippen molar-refractivity contribution in [1.29, 1.82) is 0 Å². The van der Waals surface area contributed by atoms with Crippen LogP contribution in [-0.2, 0) is 21.2 Å². The van der Waals surface area contributed by atoms with Crippen LogP contribution in [0.4, 0.5) is 0 Å². The van der Waals surface area contributed by atoms with Gasteiger partial charge in [-0.05, 0) is 50.5 Å². The van der Waals surface area contributed by atoms with Gasteiger partial charge in [0.25, 0.3) is 5.91 Å². The fourth-order valence-electron chi connectivity index (χ4n) is 2.86. The highest BCUT2D eigenvalue weighted by Crippen LogP contribution is 2.14. The summed E-state index contributed by atoms with van der Waals surface area (Å²) < 4.78 is 37.6. The number of hydrogen-bond acceptors (Lipinski definition) is 7. The van der Waals surface area contributed by atoms with Gasteiger partial charge in [0.15, 0.2) is 5.82 Å². The van der Waals surface area contributed by atoms with Crippen molar-refractivity contribution in [3.63, 3.8) is 0 Å². The van der Waals surface area contributed by atoms with Crippen LogP contribution in [0, 0.1) is 6.92 Å². The van der Waals surface area contributed by atoms with Gasteiger partial charge in [-0.3, -0.25) is 4.79 Å². The van der Waals surface area contributed by atoms with Crippen LogP contribution < -0.4 is 10.0 Å². The molecule has 10 heteroatoms. The second-order valence-corrected chi connectivity index (χ2v) is 8.37. The van der Waals surface area contributed by atoms with Crippen LogP contribution in [0.1, 0.15) is 41.3 Å². The number of hydrogen-bond donors (Lipinski definition) is 2. The first-order valence-corrected chi connectivity index (χ1v) is 10.7. The molecule has 1 saturated heterocycles. The summed E-state index contributed by atoms with van der Waals surface area (Å²) in [6.45, 7) is 3.12. The molecule has 3 rings (SSSR count). The molecule has 9 nitrogen and oxygen atoms in total. The maximum absolute atomic E-state index is 12.3. The molecule has 1 fully saturated rings. The van der Waals surface area contributed by atoms with Gasteiger partial charge in [0.1, 0.15) is 0 Å². The van der Waals surface area contributed by atoms with Crippen molar-refractivity contribution in [1.82, 2.24) is 20.2 Å². The molecule has 2 N–H and O–H groups in total. The van der Waals surface area contributed by atoms with E-state index in [1.165, 1.54) is 24.3 Å². The van der Waals surface area contributed by atoms with E-state index in [-0.39, 0.29) is 23.5 Å². The quantitative estimate of drug-likeness (QED) is 0.598. The summed E-state index contributed by atoms with van der Waals surface area (Å²) in [5, 5.41) is 6.49. The van der Waals surface area contributed by atoms with E-state index in [0.29, 0.717) is 43.3 Å². The smallest absolute Gasteiger partial charge is 0.251 e. The third-order valence-electron chi connectivity index (χ3n) is 4.37. The topological polar surface area (TPSA) is 123 Å². The summed E-state index contributed by atoms with van der Waals surface area (Å²) in [4.78, 5) is 16.4. The number of rotatable bonds is 9. The zero-order valence-electron chi connectivity index (χ0n) is 15.7. The number of nitrogens with zero attached hydrogens (tertiary/aromatic N) is 2. The van der Waals surface area contributed by atoms with Crippen LogP contribution in [0.25, 0.3) is 0 Å². The molecule has 1 aliphatic rings.